The molecule has 0 fully saturated rings. The van der Waals surface area contributed by atoms with E-state index in [-0.39, 0.29) is 5.76 Å². The minimum absolute atomic E-state index is 0.243. The minimum atomic E-state index is -0.864. The predicted octanol–water partition coefficient (Wildman–Crippen LogP) is 0.479. The van der Waals surface area contributed by atoms with Gasteiger partial charge in [-0.05, 0) is 13.0 Å². The van der Waals surface area contributed by atoms with Crippen LogP contribution in [-0.2, 0) is 9.53 Å². The fourth-order valence-corrected chi connectivity index (χ4v) is 1.05. The fourth-order valence-electron chi connectivity index (χ4n) is 1.05. The summed E-state index contributed by atoms with van der Waals surface area (Å²) >= 11 is 0. The lowest BCUT2D eigenvalue weighted by atomic mass is 10.3. The molecule has 1 aromatic rings. The van der Waals surface area contributed by atoms with E-state index in [9.17, 15) is 19.7 Å². The molecule has 1 rings (SSSR count). The van der Waals surface area contributed by atoms with Crippen LogP contribution in [0.4, 0.5) is 5.88 Å². The van der Waals surface area contributed by atoms with Crippen molar-refractivity contribution >= 4 is 17.8 Å². The third kappa shape index (κ3) is 3.03. The zero-order chi connectivity index (χ0) is 13.0. The molecule has 1 aromatic heterocycles. The molecule has 0 saturated carbocycles. The SMILES string of the molecule is COC(=O)[C@H](C)NC(=O)c1ccc([N+](=O)[O-])o1. The average molecular weight is 242 g/mol. The van der Waals surface area contributed by atoms with Gasteiger partial charge in [-0.25, -0.2) is 4.79 Å². The lowest BCUT2D eigenvalue weighted by Gasteiger charge is -2.09. The Kier molecular flexibility index (Phi) is 3.81. The van der Waals surface area contributed by atoms with Crippen LogP contribution in [0.15, 0.2) is 16.5 Å². The Balaban J connectivity index is 2.70. The van der Waals surface area contributed by atoms with Crippen molar-refractivity contribution in [3.63, 3.8) is 0 Å². The molecule has 0 radical (unpaired) electrons. The first kappa shape index (κ1) is 12.7. The Labute approximate surface area is 95.7 Å². The topological polar surface area (TPSA) is 112 Å². The molecule has 0 saturated heterocycles. The Morgan fingerprint density at radius 2 is 2.18 bits per heavy atom. The lowest BCUT2D eigenvalue weighted by molar-refractivity contribution is -0.402. The summed E-state index contributed by atoms with van der Waals surface area (Å²) in [7, 11) is 1.18. The summed E-state index contributed by atoms with van der Waals surface area (Å²) in [6.07, 6.45) is 0. The van der Waals surface area contributed by atoms with Crippen LogP contribution in [0, 0.1) is 10.1 Å². The Hall–Kier alpha value is -2.38. The molecule has 0 bridgehead atoms. The summed E-state index contributed by atoms with van der Waals surface area (Å²) in [6, 6.07) is 1.34. The van der Waals surface area contributed by atoms with Gasteiger partial charge in [0, 0.05) is 0 Å². The van der Waals surface area contributed by atoms with Crippen molar-refractivity contribution in [1.82, 2.24) is 5.32 Å². The van der Waals surface area contributed by atoms with E-state index in [2.05, 4.69) is 14.5 Å². The maximum Gasteiger partial charge on any atom is 0.433 e. The minimum Gasteiger partial charge on any atom is -0.467 e. The van der Waals surface area contributed by atoms with Crippen LogP contribution in [-0.4, -0.2) is 30.0 Å². The number of esters is 1. The van der Waals surface area contributed by atoms with E-state index in [0.717, 1.165) is 12.1 Å². The summed E-state index contributed by atoms with van der Waals surface area (Å²) in [6.45, 7) is 1.42. The van der Waals surface area contributed by atoms with Gasteiger partial charge in [0.05, 0.1) is 13.2 Å². The van der Waals surface area contributed by atoms with E-state index < -0.39 is 28.7 Å². The summed E-state index contributed by atoms with van der Waals surface area (Å²) in [4.78, 5) is 32.0. The predicted molar refractivity (Wildman–Crippen MR) is 54.3 cm³/mol. The second kappa shape index (κ2) is 5.10. The molecule has 1 heterocycles. The molecule has 0 aromatic carbocycles. The summed E-state index contributed by atoms with van der Waals surface area (Å²) in [5.74, 6) is -2.14. The second-order valence-electron chi connectivity index (χ2n) is 3.11. The van der Waals surface area contributed by atoms with Crippen molar-refractivity contribution in [2.45, 2.75) is 13.0 Å². The maximum atomic E-state index is 11.5. The molecule has 0 aliphatic carbocycles. The van der Waals surface area contributed by atoms with Crippen LogP contribution in [0.3, 0.4) is 0 Å². The third-order valence-corrected chi connectivity index (χ3v) is 1.90. The number of nitro groups is 1. The molecule has 8 heteroatoms. The standard InChI is InChI=1S/C9H10N2O6/c1-5(9(13)16-2)10-8(12)6-3-4-7(17-6)11(14)15/h3-5H,1-2H3,(H,10,12)/t5-/m0/s1. The van der Waals surface area contributed by atoms with Crippen molar-refractivity contribution in [3.8, 4) is 0 Å². The largest absolute Gasteiger partial charge is 0.467 e. The molecule has 8 nitrogen and oxygen atoms in total. The molecule has 17 heavy (non-hydrogen) atoms. The van der Waals surface area contributed by atoms with Crippen molar-refractivity contribution < 1.29 is 23.7 Å². The first-order valence-electron chi connectivity index (χ1n) is 4.58. The fraction of sp³-hybridized carbons (Fsp3) is 0.333. The number of carbonyl (C=O) groups is 2. The van der Waals surface area contributed by atoms with Gasteiger partial charge in [-0.15, -0.1) is 0 Å². The van der Waals surface area contributed by atoms with Crippen molar-refractivity contribution in [1.29, 1.82) is 0 Å². The number of hydrogen-bond acceptors (Lipinski definition) is 6. The number of furan rings is 1. The van der Waals surface area contributed by atoms with Crippen LogP contribution >= 0.6 is 0 Å². The first-order valence-corrected chi connectivity index (χ1v) is 4.58. The molecule has 0 unspecified atom stereocenters. The zero-order valence-corrected chi connectivity index (χ0v) is 9.13. The van der Waals surface area contributed by atoms with Gasteiger partial charge in [-0.2, -0.15) is 0 Å². The second-order valence-corrected chi connectivity index (χ2v) is 3.11. The van der Waals surface area contributed by atoms with Gasteiger partial charge in [0.1, 0.15) is 11.0 Å². The number of hydrogen-bond donors (Lipinski definition) is 1. The molecule has 1 N–H and O–H groups in total. The molecular weight excluding hydrogens is 232 g/mol. The van der Waals surface area contributed by atoms with Gasteiger partial charge in [-0.1, -0.05) is 0 Å². The van der Waals surface area contributed by atoms with Gasteiger partial charge in [0.15, 0.2) is 5.76 Å². The van der Waals surface area contributed by atoms with Gasteiger partial charge in [-0.3, -0.25) is 14.9 Å². The monoisotopic (exact) mass is 242 g/mol. The number of methoxy groups -OCH3 is 1. The van der Waals surface area contributed by atoms with Gasteiger partial charge in [0.25, 0.3) is 5.91 Å². The highest BCUT2D eigenvalue weighted by molar-refractivity contribution is 5.94. The molecule has 92 valence electrons. The first-order chi connectivity index (χ1) is 7.95. The molecule has 0 spiro atoms. The Morgan fingerprint density at radius 3 is 2.65 bits per heavy atom. The molecular formula is C9H10N2O6. The third-order valence-electron chi connectivity index (χ3n) is 1.90. The summed E-state index contributed by atoms with van der Waals surface area (Å²) in [5, 5.41) is 12.6. The summed E-state index contributed by atoms with van der Waals surface area (Å²) < 4.78 is 9.06. The van der Waals surface area contributed by atoms with Gasteiger partial charge >= 0.3 is 11.9 Å². The van der Waals surface area contributed by atoms with Crippen molar-refractivity contribution in [3.05, 3.63) is 28.0 Å². The van der Waals surface area contributed by atoms with Crippen LogP contribution in [0.2, 0.25) is 0 Å². The Morgan fingerprint density at radius 1 is 1.53 bits per heavy atom. The number of carbonyl (C=O) groups excluding carboxylic acids is 2. The van der Waals surface area contributed by atoms with Crippen molar-refractivity contribution in [2.24, 2.45) is 0 Å². The lowest BCUT2D eigenvalue weighted by Crippen LogP contribution is -2.38. The van der Waals surface area contributed by atoms with Crippen LogP contribution in [0.25, 0.3) is 0 Å². The highest BCUT2D eigenvalue weighted by Crippen LogP contribution is 2.15. The normalized spacial score (nSPS) is 11.6. The smallest absolute Gasteiger partial charge is 0.433 e. The number of nitrogens with zero attached hydrogens (tertiary/aromatic N) is 1. The number of ether oxygens (including phenoxy) is 1. The van der Waals surface area contributed by atoms with E-state index in [4.69, 9.17) is 0 Å². The molecule has 0 aliphatic rings. The molecule has 0 aliphatic heterocycles. The number of amides is 1. The van der Waals surface area contributed by atoms with Crippen molar-refractivity contribution in [2.75, 3.05) is 7.11 Å². The number of nitrogens with one attached hydrogen (secondary N) is 1. The highest BCUT2D eigenvalue weighted by atomic mass is 16.6. The average Bonchev–Trinajstić information content (AvgIpc) is 2.77. The number of rotatable bonds is 4. The maximum absolute atomic E-state index is 11.5. The van der Waals surface area contributed by atoms with Gasteiger partial charge < -0.3 is 14.5 Å². The quantitative estimate of drug-likeness (QED) is 0.467. The van der Waals surface area contributed by atoms with Crippen LogP contribution < -0.4 is 5.32 Å². The van der Waals surface area contributed by atoms with E-state index in [0.29, 0.717) is 0 Å². The highest BCUT2D eigenvalue weighted by Gasteiger charge is 2.21. The zero-order valence-electron chi connectivity index (χ0n) is 9.13. The Bertz CT molecular complexity index is 452. The van der Waals surface area contributed by atoms with E-state index >= 15 is 0 Å². The molecule has 1 atom stereocenters. The van der Waals surface area contributed by atoms with E-state index in [1.165, 1.54) is 14.0 Å². The van der Waals surface area contributed by atoms with E-state index in [1.54, 1.807) is 0 Å². The van der Waals surface area contributed by atoms with Gasteiger partial charge in [0.2, 0.25) is 0 Å². The molecule has 1 amide bonds. The van der Waals surface area contributed by atoms with Crippen LogP contribution in [0.1, 0.15) is 17.5 Å². The van der Waals surface area contributed by atoms with E-state index in [1.807, 2.05) is 0 Å². The summed E-state index contributed by atoms with van der Waals surface area (Å²) in [5.41, 5.74) is 0. The van der Waals surface area contributed by atoms with Crippen LogP contribution in [0.5, 0.6) is 0 Å².